The quantitative estimate of drug-likeness (QED) is 0.741. The molecule has 0 N–H and O–H groups in total. The molecule has 1 aliphatic rings. The SMILES string of the molecule is O=C1C[C@@](F)(COCc2ccccc2)[C@H]1COCc1ccccc1. The van der Waals surface area contributed by atoms with Gasteiger partial charge in [-0.25, -0.2) is 4.39 Å². The summed E-state index contributed by atoms with van der Waals surface area (Å²) in [6, 6.07) is 19.2. The molecule has 0 aromatic heterocycles. The predicted molar refractivity (Wildman–Crippen MR) is 89.1 cm³/mol. The van der Waals surface area contributed by atoms with Gasteiger partial charge in [-0.3, -0.25) is 4.79 Å². The fraction of sp³-hybridized carbons (Fsp3) is 0.350. The van der Waals surface area contributed by atoms with Crippen LogP contribution in [0.4, 0.5) is 4.39 Å². The molecule has 2 aromatic carbocycles. The Morgan fingerprint density at radius 3 is 2.00 bits per heavy atom. The van der Waals surface area contributed by atoms with Crippen molar-refractivity contribution in [3.8, 4) is 0 Å². The van der Waals surface area contributed by atoms with Crippen molar-refractivity contribution < 1.29 is 18.7 Å². The van der Waals surface area contributed by atoms with Crippen LogP contribution in [-0.4, -0.2) is 24.7 Å². The molecule has 0 radical (unpaired) electrons. The molecule has 0 aliphatic heterocycles. The maximum absolute atomic E-state index is 14.8. The zero-order chi connectivity index (χ0) is 16.8. The van der Waals surface area contributed by atoms with E-state index in [4.69, 9.17) is 9.47 Å². The number of carbonyl (C=O) groups excluding carboxylic acids is 1. The average Bonchev–Trinajstić information content (AvgIpc) is 2.60. The largest absolute Gasteiger partial charge is 0.376 e. The summed E-state index contributed by atoms with van der Waals surface area (Å²) in [5.41, 5.74) is 0.389. The highest BCUT2D eigenvalue weighted by molar-refractivity contribution is 5.90. The van der Waals surface area contributed by atoms with Gasteiger partial charge in [0.05, 0.1) is 32.3 Å². The second-order valence-corrected chi connectivity index (χ2v) is 6.21. The minimum absolute atomic E-state index is 0.0764. The minimum atomic E-state index is -1.61. The zero-order valence-corrected chi connectivity index (χ0v) is 13.5. The zero-order valence-electron chi connectivity index (χ0n) is 13.5. The summed E-state index contributed by atoms with van der Waals surface area (Å²) in [5.74, 6) is -0.814. The van der Waals surface area contributed by atoms with Crippen molar-refractivity contribution >= 4 is 5.78 Å². The predicted octanol–water partition coefficient (Wildman–Crippen LogP) is 3.72. The second-order valence-electron chi connectivity index (χ2n) is 6.21. The van der Waals surface area contributed by atoms with Gasteiger partial charge in [0.2, 0.25) is 0 Å². The van der Waals surface area contributed by atoms with Crippen LogP contribution < -0.4 is 0 Å². The Morgan fingerprint density at radius 2 is 1.46 bits per heavy atom. The molecule has 0 saturated heterocycles. The first-order chi connectivity index (χ1) is 11.7. The van der Waals surface area contributed by atoms with Crippen molar-refractivity contribution in [1.82, 2.24) is 0 Å². The molecule has 0 unspecified atom stereocenters. The number of ether oxygens (including phenoxy) is 2. The van der Waals surface area contributed by atoms with Gasteiger partial charge in [-0.2, -0.15) is 0 Å². The topological polar surface area (TPSA) is 35.5 Å². The molecule has 0 bridgehead atoms. The number of ketones is 1. The van der Waals surface area contributed by atoms with Gasteiger partial charge >= 0.3 is 0 Å². The maximum Gasteiger partial charge on any atom is 0.152 e. The fourth-order valence-corrected chi connectivity index (χ4v) is 2.87. The molecular weight excluding hydrogens is 307 g/mol. The Morgan fingerprint density at radius 1 is 0.917 bits per heavy atom. The van der Waals surface area contributed by atoms with E-state index >= 15 is 0 Å². The van der Waals surface area contributed by atoms with Crippen LogP contribution in [0.15, 0.2) is 60.7 Å². The van der Waals surface area contributed by atoms with Crippen molar-refractivity contribution in [2.45, 2.75) is 25.3 Å². The van der Waals surface area contributed by atoms with Gasteiger partial charge in [-0.05, 0) is 11.1 Å². The first-order valence-electron chi connectivity index (χ1n) is 8.12. The number of hydrogen-bond acceptors (Lipinski definition) is 3. The Hall–Kier alpha value is -2.04. The lowest BCUT2D eigenvalue weighted by molar-refractivity contribution is -0.160. The molecule has 4 heteroatoms. The van der Waals surface area contributed by atoms with Crippen LogP contribution in [0.3, 0.4) is 0 Å². The highest BCUT2D eigenvalue weighted by Crippen LogP contribution is 2.39. The number of Topliss-reactive ketones (excluding diaryl/α,β-unsaturated/α-hetero) is 1. The maximum atomic E-state index is 14.8. The second kappa shape index (κ2) is 7.69. The van der Waals surface area contributed by atoms with Crippen molar-refractivity contribution in [2.75, 3.05) is 13.2 Å². The van der Waals surface area contributed by atoms with Gasteiger partial charge in [0.1, 0.15) is 5.78 Å². The van der Waals surface area contributed by atoms with Crippen LogP contribution >= 0.6 is 0 Å². The van der Waals surface area contributed by atoms with Gasteiger partial charge in [0.15, 0.2) is 5.67 Å². The summed E-state index contributed by atoms with van der Waals surface area (Å²) in [4.78, 5) is 11.7. The Kier molecular flexibility index (Phi) is 5.38. The Labute approximate surface area is 141 Å². The van der Waals surface area contributed by atoms with Crippen LogP contribution in [0, 0.1) is 5.92 Å². The number of halogens is 1. The van der Waals surface area contributed by atoms with Gasteiger partial charge in [0, 0.05) is 6.42 Å². The van der Waals surface area contributed by atoms with E-state index < -0.39 is 11.6 Å². The highest BCUT2D eigenvalue weighted by atomic mass is 19.1. The molecule has 2 atom stereocenters. The summed E-state index contributed by atoms with van der Waals surface area (Å²) >= 11 is 0. The van der Waals surface area contributed by atoms with Crippen LogP contribution in [0.5, 0.6) is 0 Å². The number of alkyl halides is 1. The fourth-order valence-electron chi connectivity index (χ4n) is 2.87. The van der Waals surface area contributed by atoms with Crippen molar-refractivity contribution in [3.05, 3.63) is 71.8 Å². The van der Waals surface area contributed by atoms with E-state index in [2.05, 4.69) is 0 Å². The van der Waals surface area contributed by atoms with Gasteiger partial charge in [-0.1, -0.05) is 60.7 Å². The molecule has 24 heavy (non-hydrogen) atoms. The molecule has 0 amide bonds. The molecule has 3 nitrogen and oxygen atoms in total. The highest BCUT2D eigenvalue weighted by Gasteiger charge is 2.54. The van der Waals surface area contributed by atoms with Crippen molar-refractivity contribution in [1.29, 1.82) is 0 Å². The molecule has 0 heterocycles. The number of hydrogen-bond donors (Lipinski definition) is 0. The third-order valence-corrected chi connectivity index (χ3v) is 4.33. The van der Waals surface area contributed by atoms with E-state index in [0.717, 1.165) is 11.1 Å². The molecule has 2 aromatic rings. The van der Waals surface area contributed by atoms with E-state index in [0.29, 0.717) is 13.2 Å². The first kappa shape index (κ1) is 16.8. The van der Waals surface area contributed by atoms with Crippen LogP contribution in [0.25, 0.3) is 0 Å². The number of rotatable bonds is 8. The van der Waals surface area contributed by atoms with Gasteiger partial charge in [-0.15, -0.1) is 0 Å². The molecule has 3 rings (SSSR count). The molecule has 1 fully saturated rings. The van der Waals surface area contributed by atoms with Crippen molar-refractivity contribution in [3.63, 3.8) is 0 Å². The lowest BCUT2D eigenvalue weighted by atomic mass is 9.70. The number of benzene rings is 2. The lowest BCUT2D eigenvalue weighted by Gasteiger charge is -2.40. The summed E-state index contributed by atoms with van der Waals surface area (Å²) < 4.78 is 25.8. The number of carbonyl (C=O) groups is 1. The van der Waals surface area contributed by atoms with Crippen LogP contribution in [0.1, 0.15) is 17.5 Å². The van der Waals surface area contributed by atoms with E-state index in [1.54, 1.807) is 0 Å². The minimum Gasteiger partial charge on any atom is -0.376 e. The molecule has 0 spiro atoms. The molecule has 1 saturated carbocycles. The van der Waals surface area contributed by atoms with Gasteiger partial charge < -0.3 is 9.47 Å². The summed E-state index contributed by atoms with van der Waals surface area (Å²) in [6.45, 7) is 0.746. The third kappa shape index (κ3) is 4.08. The smallest absolute Gasteiger partial charge is 0.152 e. The van der Waals surface area contributed by atoms with Crippen molar-refractivity contribution in [2.24, 2.45) is 5.92 Å². The summed E-state index contributed by atoms with van der Waals surface area (Å²) in [7, 11) is 0. The van der Waals surface area contributed by atoms with E-state index in [-0.39, 0.29) is 25.4 Å². The van der Waals surface area contributed by atoms with Crippen LogP contribution in [0.2, 0.25) is 0 Å². The molecular formula is C20H21FO3. The Bertz CT molecular complexity index is 659. The van der Waals surface area contributed by atoms with E-state index in [9.17, 15) is 9.18 Å². The van der Waals surface area contributed by atoms with Crippen LogP contribution in [-0.2, 0) is 27.5 Å². The summed E-state index contributed by atoms with van der Waals surface area (Å²) in [5, 5.41) is 0. The normalized spacial score (nSPS) is 23.0. The van der Waals surface area contributed by atoms with E-state index in [1.807, 2.05) is 60.7 Å². The van der Waals surface area contributed by atoms with Gasteiger partial charge in [0.25, 0.3) is 0 Å². The first-order valence-corrected chi connectivity index (χ1v) is 8.12. The van der Waals surface area contributed by atoms with E-state index in [1.165, 1.54) is 0 Å². The summed E-state index contributed by atoms with van der Waals surface area (Å²) in [6.07, 6.45) is -0.0822. The Balaban J connectivity index is 1.45. The molecule has 1 aliphatic carbocycles. The monoisotopic (exact) mass is 328 g/mol. The standard InChI is InChI=1S/C20H21FO3/c21-20(15-24-13-17-9-5-2-6-10-17)11-19(22)18(20)14-23-12-16-7-3-1-4-8-16/h1-10,18H,11-15H2/t18-,20+/m0/s1. The molecule has 126 valence electrons. The lowest BCUT2D eigenvalue weighted by Crippen LogP contribution is -2.56. The average molecular weight is 328 g/mol. The third-order valence-electron chi connectivity index (χ3n) is 4.33.